The first kappa shape index (κ1) is 17.1. The summed E-state index contributed by atoms with van der Waals surface area (Å²) in [6, 6.07) is 0. The third kappa shape index (κ3) is 9.15. The van der Waals surface area contributed by atoms with Gasteiger partial charge in [-0.3, -0.25) is 0 Å². The van der Waals surface area contributed by atoms with Crippen LogP contribution in [0.2, 0.25) is 0 Å². The molecule has 1 unspecified atom stereocenters. The van der Waals surface area contributed by atoms with Gasteiger partial charge in [0.2, 0.25) is 0 Å². The van der Waals surface area contributed by atoms with Crippen LogP contribution in [0.1, 0.15) is 20.3 Å². The van der Waals surface area contributed by atoms with Crippen molar-refractivity contribution >= 4 is 5.97 Å². The number of methoxy groups -OCH3 is 1. The van der Waals surface area contributed by atoms with Crippen LogP contribution in [-0.4, -0.2) is 52.2 Å². The molecule has 0 spiro atoms. The number of carbonyl (C=O) groups excluding carboxylic acids is 1. The van der Waals surface area contributed by atoms with E-state index in [-0.39, 0.29) is 6.10 Å². The quantitative estimate of drug-likeness (QED) is 0.320. The second-order valence-electron chi connectivity index (χ2n) is 3.86. The predicted octanol–water partition coefficient (Wildman–Crippen LogP) is 1.56. The Morgan fingerprint density at radius 3 is 2.50 bits per heavy atom. The number of carbonyl (C=O) groups is 1. The minimum Gasteiger partial charge on any atom is -0.456 e. The Bertz CT molecular complexity index is 240. The van der Waals surface area contributed by atoms with Crippen molar-refractivity contribution in [2.45, 2.75) is 26.4 Å². The molecule has 0 aliphatic heterocycles. The lowest BCUT2D eigenvalue weighted by molar-refractivity contribution is -0.148. The van der Waals surface area contributed by atoms with E-state index in [2.05, 4.69) is 6.58 Å². The van der Waals surface area contributed by atoms with E-state index < -0.39 is 5.97 Å². The molecule has 1 atom stereocenters. The number of esters is 1. The van der Waals surface area contributed by atoms with Crippen molar-refractivity contribution < 1.29 is 23.7 Å². The molecule has 0 saturated carbocycles. The minimum atomic E-state index is -0.392. The Hall–Kier alpha value is -0.910. The van der Waals surface area contributed by atoms with Gasteiger partial charge >= 0.3 is 5.97 Å². The van der Waals surface area contributed by atoms with E-state index in [1.807, 2.05) is 6.92 Å². The Kier molecular flexibility index (Phi) is 10.6. The van der Waals surface area contributed by atoms with E-state index in [0.29, 0.717) is 45.0 Å². The van der Waals surface area contributed by atoms with Crippen molar-refractivity contribution in [2.24, 2.45) is 0 Å². The first-order chi connectivity index (χ1) is 8.61. The Morgan fingerprint density at radius 1 is 1.22 bits per heavy atom. The summed E-state index contributed by atoms with van der Waals surface area (Å²) in [5.41, 5.74) is 0.386. The second-order valence-corrected chi connectivity index (χ2v) is 3.86. The van der Waals surface area contributed by atoms with Crippen LogP contribution in [0.25, 0.3) is 0 Å². The van der Waals surface area contributed by atoms with Gasteiger partial charge in [0.05, 0.1) is 26.4 Å². The molecule has 18 heavy (non-hydrogen) atoms. The highest BCUT2D eigenvalue weighted by molar-refractivity contribution is 5.87. The summed E-state index contributed by atoms with van der Waals surface area (Å²) < 4.78 is 20.7. The monoisotopic (exact) mass is 260 g/mol. The fourth-order valence-corrected chi connectivity index (χ4v) is 1.14. The predicted molar refractivity (Wildman–Crippen MR) is 68.5 cm³/mol. The smallest absolute Gasteiger partial charge is 0.333 e. The van der Waals surface area contributed by atoms with Gasteiger partial charge in [-0.05, 0) is 13.8 Å². The van der Waals surface area contributed by atoms with Crippen LogP contribution >= 0.6 is 0 Å². The molecule has 0 bridgehead atoms. The molecule has 0 saturated heterocycles. The van der Waals surface area contributed by atoms with E-state index in [4.69, 9.17) is 18.9 Å². The number of ether oxygens (including phenoxy) is 4. The maximum Gasteiger partial charge on any atom is 0.333 e. The van der Waals surface area contributed by atoms with Crippen LogP contribution < -0.4 is 0 Å². The standard InChI is InChI=1S/C13H24O5/c1-5-16-10-12(18-13(14)11(2)3)6-7-17-9-8-15-4/h12H,2,5-10H2,1,3-4H3. The lowest BCUT2D eigenvalue weighted by atomic mass is 10.2. The fourth-order valence-electron chi connectivity index (χ4n) is 1.14. The third-order valence-corrected chi connectivity index (χ3v) is 2.15. The van der Waals surface area contributed by atoms with Gasteiger partial charge in [0, 0.05) is 25.7 Å². The lowest BCUT2D eigenvalue weighted by Crippen LogP contribution is -2.25. The molecule has 0 fully saturated rings. The SMILES string of the molecule is C=C(C)C(=O)OC(CCOCCOC)COCC. The fraction of sp³-hybridized carbons (Fsp3) is 0.769. The molecule has 5 nitrogen and oxygen atoms in total. The normalized spacial score (nSPS) is 12.2. The molecule has 0 heterocycles. The van der Waals surface area contributed by atoms with Crippen LogP contribution in [0.15, 0.2) is 12.2 Å². The average molecular weight is 260 g/mol. The number of rotatable bonds is 11. The minimum absolute atomic E-state index is 0.295. The molecule has 0 aromatic carbocycles. The number of hydrogen-bond donors (Lipinski definition) is 0. The van der Waals surface area contributed by atoms with E-state index >= 15 is 0 Å². The summed E-state index contributed by atoms with van der Waals surface area (Å²) in [5.74, 6) is -0.392. The largest absolute Gasteiger partial charge is 0.456 e. The summed E-state index contributed by atoms with van der Waals surface area (Å²) in [6.07, 6.45) is 0.305. The van der Waals surface area contributed by atoms with Gasteiger partial charge in [-0.2, -0.15) is 0 Å². The molecular formula is C13H24O5. The van der Waals surface area contributed by atoms with Gasteiger partial charge in [-0.25, -0.2) is 4.79 Å². The van der Waals surface area contributed by atoms with Crippen LogP contribution in [0.4, 0.5) is 0 Å². The second kappa shape index (κ2) is 11.2. The van der Waals surface area contributed by atoms with Crippen molar-refractivity contribution in [3.8, 4) is 0 Å². The van der Waals surface area contributed by atoms with Gasteiger partial charge in [0.15, 0.2) is 0 Å². The van der Waals surface area contributed by atoms with E-state index in [9.17, 15) is 4.79 Å². The molecule has 106 valence electrons. The van der Waals surface area contributed by atoms with Gasteiger partial charge < -0.3 is 18.9 Å². The molecular weight excluding hydrogens is 236 g/mol. The summed E-state index contributed by atoms with van der Waals surface area (Å²) in [6.45, 7) is 9.62. The molecule has 0 aliphatic rings. The Labute approximate surface area is 109 Å². The number of hydrogen-bond acceptors (Lipinski definition) is 5. The zero-order valence-corrected chi connectivity index (χ0v) is 11.6. The highest BCUT2D eigenvalue weighted by Gasteiger charge is 2.15. The maximum atomic E-state index is 11.4. The molecule has 0 aromatic heterocycles. The van der Waals surface area contributed by atoms with E-state index in [1.54, 1.807) is 14.0 Å². The van der Waals surface area contributed by atoms with E-state index in [1.165, 1.54) is 0 Å². The zero-order chi connectivity index (χ0) is 13.8. The molecule has 0 radical (unpaired) electrons. The van der Waals surface area contributed by atoms with Crippen molar-refractivity contribution in [1.82, 2.24) is 0 Å². The first-order valence-corrected chi connectivity index (χ1v) is 6.12. The highest BCUT2D eigenvalue weighted by atomic mass is 16.6. The van der Waals surface area contributed by atoms with E-state index in [0.717, 1.165) is 0 Å². The van der Waals surface area contributed by atoms with Crippen LogP contribution in [-0.2, 0) is 23.7 Å². The molecule has 0 rings (SSSR count). The Morgan fingerprint density at radius 2 is 1.94 bits per heavy atom. The molecule has 5 heteroatoms. The van der Waals surface area contributed by atoms with Crippen LogP contribution in [0.5, 0.6) is 0 Å². The lowest BCUT2D eigenvalue weighted by Gasteiger charge is -2.17. The van der Waals surface area contributed by atoms with Crippen LogP contribution in [0, 0.1) is 0 Å². The average Bonchev–Trinajstić information content (AvgIpc) is 2.34. The topological polar surface area (TPSA) is 54.0 Å². The van der Waals surface area contributed by atoms with Gasteiger partial charge in [-0.1, -0.05) is 6.58 Å². The molecule has 0 aliphatic carbocycles. The van der Waals surface area contributed by atoms with Gasteiger partial charge in [-0.15, -0.1) is 0 Å². The molecule has 0 aromatic rings. The van der Waals surface area contributed by atoms with Crippen molar-refractivity contribution in [3.05, 3.63) is 12.2 Å². The van der Waals surface area contributed by atoms with Crippen molar-refractivity contribution in [2.75, 3.05) is 40.1 Å². The highest BCUT2D eigenvalue weighted by Crippen LogP contribution is 2.04. The van der Waals surface area contributed by atoms with Crippen molar-refractivity contribution in [3.63, 3.8) is 0 Å². The molecule has 0 amide bonds. The summed E-state index contributed by atoms with van der Waals surface area (Å²) >= 11 is 0. The third-order valence-electron chi connectivity index (χ3n) is 2.15. The Balaban J connectivity index is 3.90. The van der Waals surface area contributed by atoms with Crippen LogP contribution in [0.3, 0.4) is 0 Å². The van der Waals surface area contributed by atoms with Crippen molar-refractivity contribution in [1.29, 1.82) is 0 Å². The first-order valence-electron chi connectivity index (χ1n) is 6.12. The zero-order valence-electron chi connectivity index (χ0n) is 11.6. The molecule has 0 N–H and O–H groups in total. The summed E-state index contributed by atoms with van der Waals surface area (Å²) in [4.78, 5) is 11.4. The summed E-state index contributed by atoms with van der Waals surface area (Å²) in [5, 5.41) is 0. The van der Waals surface area contributed by atoms with Gasteiger partial charge in [0.1, 0.15) is 6.10 Å². The van der Waals surface area contributed by atoms with Gasteiger partial charge in [0.25, 0.3) is 0 Å². The maximum absolute atomic E-state index is 11.4. The summed E-state index contributed by atoms with van der Waals surface area (Å²) in [7, 11) is 1.62.